The lowest BCUT2D eigenvalue weighted by molar-refractivity contribution is 0.0188. The highest BCUT2D eigenvalue weighted by atomic mass is 32.2. The Kier molecular flexibility index (Phi) is 5.69. The molecule has 1 saturated heterocycles. The summed E-state index contributed by atoms with van der Waals surface area (Å²) in [5, 5.41) is 4.46. The van der Waals surface area contributed by atoms with E-state index in [0.717, 1.165) is 22.1 Å². The van der Waals surface area contributed by atoms with Gasteiger partial charge < -0.3 is 18.8 Å². The minimum atomic E-state index is -0.526. The molecule has 9 nitrogen and oxygen atoms in total. The van der Waals surface area contributed by atoms with E-state index >= 15 is 0 Å². The number of hydrogen-bond donors (Lipinski definition) is 0. The second-order valence-corrected chi connectivity index (χ2v) is 10.8. The fourth-order valence-electron chi connectivity index (χ4n) is 3.77. The van der Waals surface area contributed by atoms with Crippen LogP contribution in [-0.2, 0) is 4.74 Å². The molecule has 1 aromatic carbocycles. The van der Waals surface area contributed by atoms with Crippen LogP contribution in [0.15, 0.2) is 33.2 Å². The third kappa shape index (κ3) is 4.51. The normalized spacial score (nSPS) is 16.7. The molecule has 0 saturated carbocycles. The number of likely N-dealkylation sites (tertiary alicyclic amines) is 1. The van der Waals surface area contributed by atoms with Crippen molar-refractivity contribution in [2.45, 2.75) is 49.6 Å². The molecule has 4 aromatic rings. The zero-order chi connectivity index (χ0) is 23.2. The summed E-state index contributed by atoms with van der Waals surface area (Å²) in [5.41, 5.74) is 1.34. The number of para-hydroxylation sites is 1. The van der Waals surface area contributed by atoms with E-state index in [9.17, 15) is 4.79 Å². The molecular formula is C22H25N5O4S2. The number of imidazole rings is 1. The number of thioether (sulfide) groups is 1. The van der Waals surface area contributed by atoms with E-state index < -0.39 is 5.60 Å². The minimum absolute atomic E-state index is 0.0434. The maximum Gasteiger partial charge on any atom is 0.410 e. The molecular weight excluding hydrogens is 462 g/mol. The van der Waals surface area contributed by atoms with Crippen LogP contribution < -0.4 is 4.74 Å². The molecule has 5 rings (SSSR count). The molecule has 174 valence electrons. The van der Waals surface area contributed by atoms with Gasteiger partial charge in [-0.3, -0.25) is 0 Å². The van der Waals surface area contributed by atoms with Gasteiger partial charge in [0.1, 0.15) is 23.7 Å². The van der Waals surface area contributed by atoms with E-state index in [0.29, 0.717) is 41.6 Å². The molecule has 11 heteroatoms. The third-order valence-electron chi connectivity index (χ3n) is 5.24. The van der Waals surface area contributed by atoms with Crippen molar-refractivity contribution in [1.82, 2.24) is 24.5 Å². The number of ether oxygens (including phenoxy) is 2. The Morgan fingerprint density at radius 1 is 1.33 bits per heavy atom. The number of nitrogens with zero attached hydrogens (tertiary/aromatic N) is 5. The van der Waals surface area contributed by atoms with Crippen LogP contribution in [0.4, 0.5) is 4.79 Å². The highest BCUT2D eigenvalue weighted by Crippen LogP contribution is 2.32. The molecule has 4 heterocycles. The van der Waals surface area contributed by atoms with Gasteiger partial charge in [-0.2, -0.15) is 0 Å². The Balaban J connectivity index is 1.34. The standard InChI is InChI=1S/C22H25N5O4S2/c1-22(2,3)31-21(28)26-10-6-7-13(26)12-29-15-8-5-9-16-17(15)24-18(30-16)14-11-27-19(23-14)33-20(25-27)32-4/h5,8-9,11,13H,6-7,10,12H2,1-4H3. The quantitative estimate of drug-likeness (QED) is 0.359. The topological polar surface area (TPSA) is 95.0 Å². The summed E-state index contributed by atoms with van der Waals surface area (Å²) < 4.78 is 20.3. The van der Waals surface area contributed by atoms with E-state index in [1.54, 1.807) is 21.2 Å². The summed E-state index contributed by atoms with van der Waals surface area (Å²) in [6.07, 6.45) is 5.30. The Morgan fingerprint density at radius 2 is 2.18 bits per heavy atom. The van der Waals surface area contributed by atoms with Crippen LogP contribution in [0.1, 0.15) is 33.6 Å². The first kappa shape index (κ1) is 22.0. The number of fused-ring (bicyclic) bond motifs is 2. The van der Waals surface area contributed by atoms with Crippen LogP contribution in [0, 0.1) is 0 Å². The van der Waals surface area contributed by atoms with E-state index in [2.05, 4.69) is 15.1 Å². The second kappa shape index (κ2) is 8.53. The van der Waals surface area contributed by atoms with Gasteiger partial charge in [-0.25, -0.2) is 19.3 Å². The predicted octanol–water partition coefficient (Wildman–Crippen LogP) is 5.10. The lowest BCUT2D eigenvalue weighted by Gasteiger charge is -2.28. The van der Waals surface area contributed by atoms with E-state index in [1.165, 1.54) is 11.3 Å². The Bertz CT molecular complexity index is 1270. The third-order valence-corrected chi connectivity index (χ3v) is 7.13. The molecule has 3 aromatic heterocycles. The van der Waals surface area contributed by atoms with Crippen LogP contribution in [0.25, 0.3) is 27.6 Å². The molecule has 1 fully saturated rings. The zero-order valence-corrected chi connectivity index (χ0v) is 20.5. The molecule has 33 heavy (non-hydrogen) atoms. The monoisotopic (exact) mass is 487 g/mol. The van der Waals surface area contributed by atoms with Crippen molar-refractivity contribution in [2.24, 2.45) is 0 Å². The SMILES string of the molecule is CSc1nn2cc(-c3nc4c(OCC5CCCN5C(=O)OC(C)(C)C)cccc4o3)nc2s1. The van der Waals surface area contributed by atoms with Crippen LogP contribution in [-0.4, -0.2) is 61.6 Å². The van der Waals surface area contributed by atoms with Crippen LogP contribution in [0.3, 0.4) is 0 Å². The molecule has 0 spiro atoms. The summed E-state index contributed by atoms with van der Waals surface area (Å²) in [6, 6.07) is 5.53. The van der Waals surface area contributed by atoms with Gasteiger partial charge >= 0.3 is 6.09 Å². The van der Waals surface area contributed by atoms with Gasteiger partial charge in [0.2, 0.25) is 10.9 Å². The van der Waals surface area contributed by atoms with Gasteiger partial charge in [-0.05, 0) is 52.0 Å². The summed E-state index contributed by atoms with van der Waals surface area (Å²) >= 11 is 3.10. The fourth-order valence-corrected chi connectivity index (χ4v) is 5.12. The summed E-state index contributed by atoms with van der Waals surface area (Å²) in [7, 11) is 0. The average Bonchev–Trinajstić information content (AvgIpc) is 3.52. The molecule has 0 radical (unpaired) electrons. The molecule has 1 aliphatic rings. The van der Waals surface area contributed by atoms with Gasteiger partial charge in [-0.1, -0.05) is 29.2 Å². The molecule has 1 unspecified atom stereocenters. The number of carbonyl (C=O) groups is 1. The Labute approximate surface area is 199 Å². The first-order chi connectivity index (χ1) is 15.8. The molecule has 0 aliphatic carbocycles. The zero-order valence-electron chi connectivity index (χ0n) is 18.9. The number of hydrogen-bond acceptors (Lipinski definition) is 9. The van der Waals surface area contributed by atoms with Crippen molar-refractivity contribution in [2.75, 3.05) is 19.4 Å². The van der Waals surface area contributed by atoms with Gasteiger partial charge in [0, 0.05) is 6.54 Å². The van der Waals surface area contributed by atoms with Gasteiger partial charge in [0.05, 0.1) is 12.2 Å². The van der Waals surface area contributed by atoms with Crippen molar-refractivity contribution in [1.29, 1.82) is 0 Å². The smallest absolute Gasteiger partial charge is 0.410 e. The molecule has 1 atom stereocenters. The maximum absolute atomic E-state index is 12.6. The van der Waals surface area contributed by atoms with Crippen molar-refractivity contribution >= 4 is 45.3 Å². The molecule has 0 N–H and O–H groups in total. The maximum atomic E-state index is 12.6. The van der Waals surface area contributed by atoms with Gasteiger partial charge in [0.15, 0.2) is 15.4 Å². The average molecular weight is 488 g/mol. The van der Waals surface area contributed by atoms with Gasteiger partial charge in [-0.15, -0.1) is 5.10 Å². The summed E-state index contributed by atoms with van der Waals surface area (Å²) in [4.78, 5) is 24.3. The van der Waals surface area contributed by atoms with Gasteiger partial charge in [0.25, 0.3) is 0 Å². The van der Waals surface area contributed by atoms with Crippen molar-refractivity contribution in [3.05, 3.63) is 24.4 Å². The van der Waals surface area contributed by atoms with Crippen LogP contribution in [0.5, 0.6) is 5.75 Å². The molecule has 1 amide bonds. The van der Waals surface area contributed by atoms with Crippen LogP contribution in [0.2, 0.25) is 0 Å². The summed E-state index contributed by atoms with van der Waals surface area (Å²) in [6.45, 7) is 6.65. The molecule has 0 bridgehead atoms. The lowest BCUT2D eigenvalue weighted by atomic mass is 10.2. The first-order valence-electron chi connectivity index (χ1n) is 10.7. The second-order valence-electron chi connectivity index (χ2n) is 8.83. The number of benzene rings is 1. The highest BCUT2D eigenvalue weighted by molar-refractivity contribution is 8.00. The van der Waals surface area contributed by atoms with E-state index in [4.69, 9.17) is 13.9 Å². The Hall–Kier alpha value is -2.79. The number of carbonyl (C=O) groups excluding carboxylic acids is 1. The largest absolute Gasteiger partial charge is 0.489 e. The lowest BCUT2D eigenvalue weighted by Crippen LogP contribution is -2.42. The first-order valence-corrected chi connectivity index (χ1v) is 12.8. The number of aromatic nitrogens is 4. The fraction of sp³-hybridized carbons (Fsp3) is 0.455. The van der Waals surface area contributed by atoms with Crippen molar-refractivity contribution in [3.63, 3.8) is 0 Å². The highest BCUT2D eigenvalue weighted by Gasteiger charge is 2.32. The van der Waals surface area contributed by atoms with Crippen molar-refractivity contribution < 1.29 is 18.7 Å². The number of oxazole rings is 1. The number of amides is 1. The minimum Gasteiger partial charge on any atom is -0.489 e. The molecule has 1 aliphatic heterocycles. The van der Waals surface area contributed by atoms with E-state index in [1.807, 2.05) is 51.4 Å². The Morgan fingerprint density at radius 3 is 2.94 bits per heavy atom. The van der Waals surface area contributed by atoms with E-state index in [-0.39, 0.29) is 12.1 Å². The number of rotatable bonds is 5. The summed E-state index contributed by atoms with van der Waals surface area (Å²) in [5.74, 6) is 1.03. The predicted molar refractivity (Wildman–Crippen MR) is 127 cm³/mol. The van der Waals surface area contributed by atoms with Crippen molar-refractivity contribution in [3.8, 4) is 17.3 Å². The van der Waals surface area contributed by atoms with Crippen LogP contribution >= 0.6 is 23.1 Å².